The van der Waals surface area contributed by atoms with Gasteiger partial charge < -0.3 is 9.73 Å². The van der Waals surface area contributed by atoms with E-state index < -0.39 is 0 Å². The second-order valence-electron chi connectivity index (χ2n) is 5.28. The highest BCUT2D eigenvalue weighted by molar-refractivity contribution is 8.00. The van der Waals surface area contributed by atoms with E-state index in [0.717, 1.165) is 22.3 Å². The summed E-state index contributed by atoms with van der Waals surface area (Å²) in [6, 6.07) is 13.2. The third-order valence-corrected chi connectivity index (χ3v) is 4.46. The van der Waals surface area contributed by atoms with Crippen molar-refractivity contribution in [2.24, 2.45) is 0 Å². The van der Waals surface area contributed by atoms with Crippen LogP contribution in [0.5, 0.6) is 0 Å². The number of para-hydroxylation sites is 1. The molecule has 0 aliphatic heterocycles. The van der Waals surface area contributed by atoms with Gasteiger partial charge >= 0.3 is 0 Å². The third-order valence-electron chi connectivity index (χ3n) is 3.52. The van der Waals surface area contributed by atoms with Crippen LogP contribution in [0.2, 0.25) is 0 Å². The first-order valence-electron chi connectivity index (χ1n) is 7.64. The first-order chi connectivity index (χ1) is 11.8. The molecule has 0 spiro atoms. The maximum absolute atomic E-state index is 12.3. The zero-order valence-corrected chi connectivity index (χ0v) is 14.0. The molecule has 0 aliphatic rings. The Labute approximate surface area is 145 Å². The maximum atomic E-state index is 12.3. The smallest absolute Gasteiger partial charge is 0.230 e. The molecule has 2 aromatic heterocycles. The highest BCUT2D eigenvalue weighted by Gasteiger charge is 2.21. The number of nitrogens with one attached hydrogen (secondary N) is 1. The fraction of sp³-hybridized carbons (Fsp3) is 0.158. The number of carbonyl (C=O) groups excluding carboxylic acids is 1. The zero-order chi connectivity index (χ0) is 16.8. The summed E-state index contributed by atoms with van der Waals surface area (Å²) in [5.41, 5.74) is 1.69. The van der Waals surface area contributed by atoms with Crippen molar-refractivity contribution in [1.82, 2.24) is 10.3 Å². The summed E-state index contributed by atoms with van der Waals surface area (Å²) >= 11 is 1.52. The number of pyridine rings is 1. The second-order valence-corrected chi connectivity index (χ2v) is 6.31. The number of hydrogen-bond donors (Lipinski definition) is 1. The molecule has 3 rings (SSSR count). The third kappa shape index (κ3) is 3.86. The van der Waals surface area contributed by atoms with Crippen LogP contribution in [0.25, 0.3) is 11.0 Å². The average Bonchev–Trinajstić information content (AvgIpc) is 3.04. The molecule has 3 aromatic rings. The quantitative estimate of drug-likeness (QED) is 0.523. The van der Waals surface area contributed by atoms with Crippen LogP contribution >= 0.6 is 11.8 Å². The summed E-state index contributed by atoms with van der Waals surface area (Å²) in [6.07, 6.45) is 5.24. The predicted molar refractivity (Wildman–Crippen MR) is 98.0 cm³/mol. The molecule has 0 radical (unpaired) electrons. The van der Waals surface area contributed by atoms with Crippen molar-refractivity contribution in [3.63, 3.8) is 0 Å². The second kappa shape index (κ2) is 7.84. The molecule has 2 heterocycles. The van der Waals surface area contributed by atoms with Crippen molar-refractivity contribution < 1.29 is 9.21 Å². The lowest BCUT2D eigenvalue weighted by Gasteiger charge is -2.16. The lowest BCUT2D eigenvalue weighted by molar-refractivity contribution is -0.119. The average molecular weight is 338 g/mol. The maximum Gasteiger partial charge on any atom is 0.230 e. The van der Waals surface area contributed by atoms with Crippen LogP contribution in [0, 0.1) is 0 Å². The summed E-state index contributed by atoms with van der Waals surface area (Å²) in [5.74, 6) is 1.78. The van der Waals surface area contributed by atoms with Gasteiger partial charge in [-0.3, -0.25) is 9.78 Å². The fourth-order valence-electron chi connectivity index (χ4n) is 2.45. The molecule has 1 N–H and O–H groups in total. The van der Waals surface area contributed by atoms with E-state index in [1.807, 2.05) is 42.5 Å². The molecule has 0 saturated heterocycles. The number of furan rings is 1. The van der Waals surface area contributed by atoms with Crippen molar-refractivity contribution in [3.05, 3.63) is 78.8 Å². The molecule has 1 amide bonds. The van der Waals surface area contributed by atoms with Gasteiger partial charge in [-0.1, -0.05) is 30.3 Å². The normalized spacial score (nSPS) is 12.0. The number of nitrogens with zero attached hydrogens (tertiary/aromatic N) is 1. The Balaban J connectivity index is 1.87. The predicted octanol–water partition coefficient (Wildman–Crippen LogP) is 3.95. The van der Waals surface area contributed by atoms with E-state index in [2.05, 4.69) is 16.9 Å². The molecule has 0 fully saturated rings. The summed E-state index contributed by atoms with van der Waals surface area (Å²) in [4.78, 5) is 16.4. The van der Waals surface area contributed by atoms with E-state index in [9.17, 15) is 4.79 Å². The van der Waals surface area contributed by atoms with Gasteiger partial charge in [0, 0.05) is 29.1 Å². The molecule has 5 heteroatoms. The lowest BCUT2D eigenvalue weighted by atomic mass is 10.1. The number of thioether (sulfide) groups is 1. The van der Waals surface area contributed by atoms with Gasteiger partial charge in [0.2, 0.25) is 5.91 Å². The monoisotopic (exact) mass is 338 g/mol. The standard InChI is InChI=1S/C19H18N2O2S/c1-2-10-24-13-18(22)21-19(15-7-5-9-20-12-15)17-11-14-6-3-4-8-16(14)23-17/h2-9,11-12,19H,1,10,13H2,(H,21,22)/t19-/m1/s1. The molecule has 122 valence electrons. The van der Waals surface area contributed by atoms with Crippen molar-refractivity contribution in [3.8, 4) is 0 Å². The Morgan fingerprint density at radius 1 is 1.33 bits per heavy atom. The molecule has 0 aliphatic carbocycles. The molecule has 24 heavy (non-hydrogen) atoms. The minimum absolute atomic E-state index is 0.0452. The molecule has 0 bridgehead atoms. The highest BCUT2D eigenvalue weighted by atomic mass is 32.2. The van der Waals surface area contributed by atoms with Gasteiger partial charge in [0.05, 0.1) is 5.75 Å². The van der Waals surface area contributed by atoms with E-state index >= 15 is 0 Å². The van der Waals surface area contributed by atoms with Gasteiger partial charge in [0.25, 0.3) is 0 Å². The van der Waals surface area contributed by atoms with Crippen LogP contribution < -0.4 is 5.32 Å². The van der Waals surface area contributed by atoms with Gasteiger partial charge in [-0.05, 0) is 18.2 Å². The minimum Gasteiger partial charge on any atom is -0.459 e. The number of amides is 1. The van der Waals surface area contributed by atoms with Gasteiger partial charge in [0.1, 0.15) is 17.4 Å². The summed E-state index contributed by atoms with van der Waals surface area (Å²) in [5, 5.41) is 4.05. The van der Waals surface area contributed by atoms with Crippen LogP contribution in [-0.4, -0.2) is 22.4 Å². The van der Waals surface area contributed by atoms with Crippen LogP contribution in [0.3, 0.4) is 0 Å². The first kappa shape index (κ1) is 16.3. The van der Waals surface area contributed by atoms with Crippen LogP contribution in [0.1, 0.15) is 17.4 Å². The summed E-state index contributed by atoms with van der Waals surface area (Å²) in [7, 11) is 0. The van der Waals surface area contributed by atoms with Crippen molar-refractivity contribution >= 4 is 28.6 Å². The summed E-state index contributed by atoms with van der Waals surface area (Å²) < 4.78 is 5.95. The minimum atomic E-state index is -0.358. The number of benzene rings is 1. The Bertz CT molecular complexity index is 797. The highest BCUT2D eigenvalue weighted by Crippen LogP contribution is 2.28. The molecule has 4 nitrogen and oxygen atoms in total. The van der Waals surface area contributed by atoms with E-state index in [4.69, 9.17) is 4.42 Å². The number of rotatable bonds is 7. The van der Waals surface area contributed by atoms with Crippen LogP contribution in [0.4, 0.5) is 0 Å². The zero-order valence-electron chi connectivity index (χ0n) is 13.1. The SMILES string of the molecule is C=CCSCC(=O)N[C@H](c1cccnc1)c1cc2ccccc2o1. The molecular weight excluding hydrogens is 320 g/mol. The van der Waals surface area contributed by atoms with Crippen molar-refractivity contribution in [1.29, 1.82) is 0 Å². The lowest BCUT2D eigenvalue weighted by Crippen LogP contribution is -2.30. The Morgan fingerprint density at radius 3 is 2.96 bits per heavy atom. The van der Waals surface area contributed by atoms with Crippen LogP contribution in [0.15, 0.2) is 71.9 Å². The Hall–Kier alpha value is -2.53. The first-order valence-corrected chi connectivity index (χ1v) is 8.80. The van der Waals surface area contributed by atoms with Crippen molar-refractivity contribution in [2.75, 3.05) is 11.5 Å². The van der Waals surface area contributed by atoms with Gasteiger partial charge in [-0.25, -0.2) is 0 Å². The fourth-order valence-corrected chi connectivity index (χ4v) is 3.00. The Morgan fingerprint density at radius 2 is 2.21 bits per heavy atom. The number of aromatic nitrogens is 1. The molecule has 0 unspecified atom stereocenters. The van der Waals surface area contributed by atoms with Crippen LogP contribution in [-0.2, 0) is 4.79 Å². The van der Waals surface area contributed by atoms with E-state index in [-0.39, 0.29) is 11.9 Å². The van der Waals surface area contributed by atoms with E-state index in [0.29, 0.717) is 11.5 Å². The Kier molecular flexibility index (Phi) is 5.33. The largest absolute Gasteiger partial charge is 0.459 e. The number of hydrogen-bond acceptors (Lipinski definition) is 4. The molecule has 0 saturated carbocycles. The van der Waals surface area contributed by atoms with Gasteiger partial charge in [-0.15, -0.1) is 18.3 Å². The van der Waals surface area contributed by atoms with Gasteiger partial charge in [-0.2, -0.15) is 0 Å². The molecular formula is C19H18N2O2S. The molecule has 1 atom stereocenters. The molecule has 1 aromatic carbocycles. The van der Waals surface area contributed by atoms with E-state index in [1.54, 1.807) is 18.5 Å². The van der Waals surface area contributed by atoms with Crippen molar-refractivity contribution in [2.45, 2.75) is 6.04 Å². The van der Waals surface area contributed by atoms with Gasteiger partial charge in [0.15, 0.2) is 0 Å². The van der Waals surface area contributed by atoms with E-state index in [1.165, 1.54) is 11.8 Å². The number of carbonyl (C=O) groups is 1. The summed E-state index contributed by atoms with van der Waals surface area (Å²) in [6.45, 7) is 3.66. The topological polar surface area (TPSA) is 55.1 Å². The number of fused-ring (bicyclic) bond motifs is 1.